The average molecular weight is 305 g/mol. The Morgan fingerprint density at radius 3 is 3.16 bits per heavy atom. The van der Waals surface area contributed by atoms with Crippen LogP contribution in [0.4, 0.5) is 0 Å². The van der Waals surface area contributed by atoms with E-state index in [1.54, 1.807) is 12.1 Å². The van der Waals surface area contributed by atoms with Gasteiger partial charge in [-0.3, -0.25) is 4.79 Å². The van der Waals surface area contributed by atoms with Crippen LogP contribution in [0.5, 0.6) is 0 Å². The minimum absolute atomic E-state index is 0.0575. The highest BCUT2D eigenvalue weighted by Crippen LogP contribution is 2.26. The van der Waals surface area contributed by atoms with Gasteiger partial charge in [-0.25, -0.2) is 0 Å². The molecule has 0 bridgehead atoms. The van der Waals surface area contributed by atoms with Crippen LogP contribution in [0.25, 0.3) is 0 Å². The zero-order valence-electron chi connectivity index (χ0n) is 10.4. The molecule has 0 radical (unpaired) electrons. The molecule has 1 amide bonds. The van der Waals surface area contributed by atoms with Crippen molar-refractivity contribution in [2.45, 2.75) is 18.6 Å². The predicted octanol–water partition coefficient (Wildman–Crippen LogP) is 0.930. The van der Waals surface area contributed by atoms with Gasteiger partial charge in [0.2, 0.25) is 5.91 Å². The lowest BCUT2D eigenvalue weighted by Gasteiger charge is -2.23. The standard InChI is InChI=1S/C12H17ClN2O3S/c13-11-2-1-10(19-11)9(16)6-15-12(17)5-8-7-18-4-3-14-8/h1-2,8-9,14,16H,3-7H2,(H,15,17). The maximum atomic E-state index is 11.7. The number of aliphatic hydroxyl groups excluding tert-OH is 1. The SMILES string of the molecule is O=C(CC1COCCN1)NCC(O)c1ccc(Cl)s1. The zero-order chi connectivity index (χ0) is 13.7. The van der Waals surface area contributed by atoms with Crippen molar-refractivity contribution >= 4 is 28.8 Å². The van der Waals surface area contributed by atoms with Gasteiger partial charge in [-0.2, -0.15) is 0 Å². The molecule has 1 fully saturated rings. The van der Waals surface area contributed by atoms with Gasteiger partial charge in [-0.05, 0) is 12.1 Å². The Bertz CT molecular complexity index is 421. The Labute approximate surface area is 120 Å². The summed E-state index contributed by atoms with van der Waals surface area (Å²) >= 11 is 7.11. The second-order valence-electron chi connectivity index (χ2n) is 4.39. The fourth-order valence-corrected chi connectivity index (χ4v) is 2.91. The molecule has 106 valence electrons. The largest absolute Gasteiger partial charge is 0.386 e. The summed E-state index contributed by atoms with van der Waals surface area (Å²) in [6.45, 7) is 2.21. The third-order valence-electron chi connectivity index (χ3n) is 2.85. The van der Waals surface area contributed by atoms with E-state index >= 15 is 0 Å². The van der Waals surface area contributed by atoms with Crippen LogP contribution in [0.2, 0.25) is 4.34 Å². The van der Waals surface area contributed by atoms with Gasteiger partial charge in [0.05, 0.1) is 17.6 Å². The number of carbonyl (C=O) groups is 1. The summed E-state index contributed by atoms with van der Waals surface area (Å²) in [7, 11) is 0. The van der Waals surface area contributed by atoms with Crippen molar-refractivity contribution in [3.63, 3.8) is 0 Å². The van der Waals surface area contributed by atoms with E-state index in [-0.39, 0.29) is 18.5 Å². The smallest absolute Gasteiger partial charge is 0.221 e. The molecule has 2 atom stereocenters. The molecule has 1 saturated heterocycles. The first-order valence-electron chi connectivity index (χ1n) is 6.16. The number of amides is 1. The first-order valence-corrected chi connectivity index (χ1v) is 7.35. The van der Waals surface area contributed by atoms with Crippen molar-refractivity contribution in [2.24, 2.45) is 0 Å². The molecular weight excluding hydrogens is 288 g/mol. The molecule has 3 N–H and O–H groups in total. The Balaban J connectivity index is 1.70. The van der Waals surface area contributed by atoms with E-state index in [2.05, 4.69) is 10.6 Å². The summed E-state index contributed by atoms with van der Waals surface area (Å²) in [6.07, 6.45) is -0.352. The lowest BCUT2D eigenvalue weighted by Crippen LogP contribution is -2.44. The monoisotopic (exact) mass is 304 g/mol. The Morgan fingerprint density at radius 2 is 2.53 bits per heavy atom. The molecule has 1 aliphatic heterocycles. The Hall–Kier alpha value is -0.660. The van der Waals surface area contributed by atoms with Gasteiger partial charge in [0.15, 0.2) is 0 Å². The van der Waals surface area contributed by atoms with Crippen molar-refractivity contribution in [1.29, 1.82) is 0 Å². The topological polar surface area (TPSA) is 70.6 Å². The number of halogens is 1. The van der Waals surface area contributed by atoms with Crippen molar-refractivity contribution in [3.8, 4) is 0 Å². The van der Waals surface area contributed by atoms with Crippen LogP contribution in [-0.2, 0) is 9.53 Å². The molecule has 0 saturated carbocycles. The molecule has 19 heavy (non-hydrogen) atoms. The summed E-state index contributed by atoms with van der Waals surface area (Å²) in [6, 6.07) is 3.55. The highest BCUT2D eigenvalue weighted by atomic mass is 35.5. The molecule has 5 nitrogen and oxygen atoms in total. The third kappa shape index (κ3) is 4.74. The molecule has 0 aromatic carbocycles. The lowest BCUT2D eigenvalue weighted by atomic mass is 10.2. The number of rotatable bonds is 5. The minimum Gasteiger partial charge on any atom is -0.386 e. The van der Waals surface area contributed by atoms with Crippen molar-refractivity contribution in [1.82, 2.24) is 10.6 Å². The van der Waals surface area contributed by atoms with E-state index in [1.165, 1.54) is 11.3 Å². The maximum Gasteiger partial charge on any atom is 0.221 e. The van der Waals surface area contributed by atoms with Crippen molar-refractivity contribution < 1.29 is 14.6 Å². The summed E-state index contributed by atoms with van der Waals surface area (Å²) in [5.41, 5.74) is 0. The second kappa shape index (κ2) is 7.21. The van der Waals surface area contributed by atoms with E-state index in [1.807, 2.05) is 0 Å². The van der Waals surface area contributed by atoms with Gasteiger partial charge in [0.25, 0.3) is 0 Å². The summed E-state index contributed by atoms with van der Waals surface area (Å²) in [4.78, 5) is 12.5. The van der Waals surface area contributed by atoms with Crippen LogP contribution in [0.15, 0.2) is 12.1 Å². The van der Waals surface area contributed by atoms with Gasteiger partial charge in [-0.15, -0.1) is 11.3 Å². The van der Waals surface area contributed by atoms with E-state index in [9.17, 15) is 9.90 Å². The molecule has 0 spiro atoms. The van der Waals surface area contributed by atoms with Crippen LogP contribution >= 0.6 is 22.9 Å². The number of aliphatic hydroxyl groups is 1. The van der Waals surface area contributed by atoms with E-state index in [0.29, 0.717) is 24.0 Å². The third-order valence-corrected chi connectivity index (χ3v) is 4.18. The first-order chi connectivity index (χ1) is 9.15. The number of ether oxygens (including phenoxy) is 1. The normalized spacial score (nSPS) is 21.1. The molecule has 1 aliphatic rings. The van der Waals surface area contributed by atoms with Crippen molar-refractivity contribution in [2.75, 3.05) is 26.3 Å². The lowest BCUT2D eigenvalue weighted by molar-refractivity contribution is -0.122. The van der Waals surface area contributed by atoms with E-state index < -0.39 is 6.10 Å². The molecule has 1 aromatic rings. The summed E-state index contributed by atoms with van der Waals surface area (Å²) in [5.74, 6) is -0.0929. The fourth-order valence-electron chi connectivity index (χ4n) is 1.87. The summed E-state index contributed by atoms with van der Waals surface area (Å²) < 4.78 is 5.90. The number of hydrogen-bond donors (Lipinski definition) is 3. The minimum atomic E-state index is -0.711. The molecule has 2 heterocycles. The molecule has 1 aromatic heterocycles. The highest BCUT2D eigenvalue weighted by Gasteiger charge is 2.18. The molecule has 2 unspecified atom stereocenters. The van der Waals surface area contributed by atoms with Crippen molar-refractivity contribution in [3.05, 3.63) is 21.3 Å². The first kappa shape index (κ1) is 14.7. The van der Waals surface area contributed by atoms with Gasteiger partial charge in [-0.1, -0.05) is 11.6 Å². The second-order valence-corrected chi connectivity index (χ2v) is 6.14. The number of thiophene rings is 1. The molecular formula is C12H17ClN2O3S. The molecule has 2 rings (SSSR count). The van der Waals surface area contributed by atoms with Crippen LogP contribution in [-0.4, -0.2) is 43.4 Å². The molecule has 7 heteroatoms. The Morgan fingerprint density at radius 1 is 1.68 bits per heavy atom. The fraction of sp³-hybridized carbons (Fsp3) is 0.583. The van der Waals surface area contributed by atoms with Gasteiger partial charge < -0.3 is 20.5 Å². The zero-order valence-corrected chi connectivity index (χ0v) is 12.0. The van der Waals surface area contributed by atoms with Crippen LogP contribution < -0.4 is 10.6 Å². The predicted molar refractivity (Wildman–Crippen MR) is 74.5 cm³/mol. The molecule has 0 aliphatic carbocycles. The Kier molecular flexibility index (Phi) is 5.59. The van der Waals surface area contributed by atoms with Crippen LogP contribution in [0.3, 0.4) is 0 Å². The van der Waals surface area contributed by atoms with E-state index in [0.717, 1.165) is 11.4 Å². The summed E-state index contributed by atoms with van der Waals surface area (Å²) in [5, 5.41) is 15.8. The highest BCUT2D eigenvalue weighted by molar-refractivity contribution is 7.16. The van der Waals surface area contributed by atoms with Crippen LogP contribution in [0, 0.1) is 0 Å². The number of nitrogens with one attached hydrogen (secondary N) is 2. The number of carbonyl (C=O) groups excluding carboxylic acids is 1. The maximum absolute atomic E-state index is 11.7. The van der Waals surface area contributed by atoms with Gasteiger partial charge in [0, 0.05) is 30.4 Å². The number of morpholine rings is 1. The quantitative estimate of drug-likeness (QED) is 0.757. The van der Waals surface area contributed by atoms with Crippen LogP contribution in [0.1, 0.15) is 17.4 Å². The average Bonchev–Trinajstić information content (AvgIpc) is 2.84. The van der Waals surface area contributed by atoms with Gasteiger partial charge >= 0.3 is 0 Å². The van der Waals surface area contributed by atoms with E-state index in [4.69, 9.17) is 16.3 Å². The number of hydrogen-bond acceptors (Lipinski definition) is 5. The van der Waals surface area contributed by atoms with Gasteiger partial charge in [0.1, 0.15) is 6.10 Å².